The average Bonchev–Trinajstić information content (AvgIpc) is 2.55. The van der Waals surface area contributed by atoms with E-state index in [1.54, 1.807) is 12.1 Å². The van der Waals surface area contributed by atoms with Crippen LogP contribution in [0.15, 0.2) is 36.4 Å². The van der Waals surface area contributed by atoms with Crippen molar-refractivity contribution in [1.29, 1.82) is 0 Å². The number of benzene rings is 2. The summed E-state index contributed by atoms with van der Waals surface area (Å²) in [5.41, 5.74) is 2.86. The fourth-order valence-corrected chi connectivity index (χ4v) is 2.92. The fraction of sp³-hybridized carbons (Fsp3) is 0.316. The number of aliphatic hydroxyl groups excluding tert-OH is 1. The number of hydrogen-bond donors (Lipinski definition) is 1. The summed E-state index contributed by atoms with van der Waals surface area (Å²) >= 11 is 0. The number of rotatable bonds is 3. The SMILES string of the molecule is CCc1ccc(C2Cc3ccc(C(C)O)c(F)c3OC2=O)cc1. The van der Waals surface area contributed by atoms with Gasteiger partial charge in [0.1, 0.15) is 0 Å². The third-order valence-corrected chi connectivity index (χ3v) is 4.36. The van der Waals surface area contributed by atoms with Crippen molar-refractivity contribution < 1.29 is 19.0 Å². The first-order chi connectivity index (χ1) is 11.0. The van der Waals surface area contributed by atoms with Gasteiger partial charge in [0.15, 0.2) is 11.6 Å². The van der Waals surface area contributed by atoms with Gasteiger partial charge in [-0.3, -0.25) is 4.79 Å². The van der Waals surface area contributed by atoms with Gasteiger partial charge in [0.2, 0.25) is 0 Å². The van der Waals surface area contributed by atoms with E-state index in [0.717, 1.165) is 12.0 Å². The van der Waals surface area contributed by atoms with Gasteiger partial charge in [-0.05, 0) is 36.5 Å². The Labute approximate surface area is 134 Å². The minimum Gasteiger partial charge on any atom is -0.423 e. The van der Waals surface area contributed by atoms with E-state index in [1.165, 1.54) is 12.5 Å². The number of aliphatic hydroxyl groups is 1. The summed E-state index contributed by atoms with van der Waals surface area (Å²) in [4.78, 5) is 12.3. The molecule has 1 heterocycles. The number of esters is 1. The molecule has 1 N–H and O–H groups in total. The lowest BCUT2D eigenvalue weighted by Gasteiger charge is -2.25. The maximum absolute atomic E-state index is 14.4. The highest BCUT2D eigenvalue weighted by atomic mass is 19.1. The average molecular weight is 314 g/mol. The Balaban J connectivity index is 1.94. The maximum Gasteiger partial charge on any atom is 0.319 e. The Morgan fingerprint density at radius 3 is 2.57 bits per heavy atom. The zero-order chi connectivity index (χ0) is 16.6. The summed E-state index contributed by atoms with van der Waals surface area (Å²) in [5, 5.41) is 9.57. The first kappa shape index (κ1) is 15.7. The summed E-state index contributed by atoms with van der Waals surface area (Å²) in [6.45, 7) is 3.55. The van der Waals surface area contributed by atoms with Crippen molar-refractivity contribution in [3.63, 3.8) is 0 Å². The van der Waals surface area contributed by atoms with E-state index in [2.05, 4.69) is 6.92 Å². The molecule has 2 aromatic rings. The van der Waals surface area contributed by atoms with Crippen molar-refractivity contribution in [1.82, 2.24) is 0 Å². The van der Waals surface area contributed by atoms with Crippen LogP contribution in [0.5, 0.6) is 5.75 Å². The number of aryl methyl sites for hydroxylation is 1. The number of hydrogen-bond acceptors (Lipinski definition) is 3. The first-order valence-electron chi connectivity index (χ1n) is 7.81. The molecule has 120 valence electrons. The van der Waals surface area contributed by atoms with Crippen LogP contribution in [0.4, 0.5) is 4.39 Å². The molecule has 2 atom stereocenters. The highest BCUT2D eigenvalue weighted by Gasteiger charge is 2.32. The van der Waals surface area contributed by atoms with Crippen molar-refractivity contribution >= 4 is 5.97 Å². The number of fused-ring (bicyclic) bond motifs is 1. The molecule has 0 aromatic heterocycles. The molecule has 2 unspecified atom stereocenters. The van der Waals surface area contributed by atoms with Crippen LogP contribution in [-0.4, -0.2) is 11.1 Å². The van der Waals surface area contributed by atoms with Crippen LogP contribution in [0.1, 0.15) is 48.1 Å². The molecule has 1 aliphatic heterocycles. The monoisotopic (exact) mass is 314 g/mol. The van der Waals surface area contributed by atoms with E-state index in [-0.39, 0.29) is 11.3 Å². The topological polar surface area (TPSA) is 46.5 Å². The Hall–Kier alpha value is -2.20. The number of ether oxygens (including phenoxy) is 1. The molecule has 0 saturated carbocycles. The second-order valence-electron chi connectivity index (χ2n) is 5.91. The molecule has 2 aromatic carbocycles. The third kappa shape index (κ3) is 2.86. The van der Waals surface area contributed by atoms with Gasteiger partial charge in [-0.1, -0.05) is 43.3 Å². The second-order valence-corrected chi connectivity index (χ2v) is 5.91. The Morgan fingerprint density at radius 2 is 1.96 bits per heavy atom. The van der Waals surface area contributed by atoms with Gasteiger partial charge in [-0.15, -0.1) is 0 Å². The number of halogens is 1. The lowest BCUT2D eigenvalue weighted by atomic mass is 9.88. The minimum absolute atomic E-state index is 0.0465. The molecule has 23 heavy (non-hydrogen) atoms. The zero-order valence-corrected chi connectivity index (χ0v) is 13.2. The van der Waals surface area contributed by atoms with E-state index >= 15 is 0 Å². The Bertz CT molecular complexity index is 735. The second kappa shape index (κ2) is 6.13. The molecule has 0 aliphatic carbocycles. The lowest BCUT2D eigenvalue weighted by molar-refractivity contribution is -0.137. The number of carbonyl (C=O) groups is 1. The molecule has 0 saturated heterocycles. The molecule has 0 amide bonds. The summed E-state index contributed by atoms with van der Waals surface area (Å²) in [7, 11) is 0. The van der Waals surface area contributed by atoms with Crippen LogP contribution in [0.3, 0.4) is 0 Å². The van der Waals surface area contributed by atoms with Gasteiger partial charge in [-0.2, -0.15) is 0 Å². The smallest absolute Gasteiger partial charge is 0.319 e. The molecule has 0 spiro atoms. The standard InChI is InChI=1S/C19H19FO3/c1-3-12-4-6-13(7-5-12)16-10-14-8-9-15(11(2)21)17(20)18(14)23-19(16)22/h4-9,11,16,21H,3,10H2,1-2H3. The van der Waals surface area contributed by atoms with Crippen LogP contribution in [0.25, 0.3) is 0 Å². The van der Waals surface area contributed by atoms with Gasteiger partial charge in [0.05, 0.1) is 12.0 Å². The maximum atomic E-state index is 14.4. The molecule has 3 rings (SSSR count). The molecule has 0 fully saturated rings. The minimum atomic E-state index is -0.946. The molecular weight excluding hydrogens is 295 g/mol. The molecule has 4 heteroatoms. The quantitative estimate of drug-likeness (QED) is 0.694. The predicted molar refractivity (Wildman–Crippen MR) is 84.9 cm³/mol. The van der Waals surface area contributed by atoms with Crippen LogP contribution >= 0.6 is 0 Å². The summed E-state index contributed by atoms with van der Waals surface area (Å²) in [5.74, 6) is -1.57. The molecule has 1 aliphatic rings. The van der Waals surface area contributed by atoms with Gasteiger partial charge in [0, 0.05) is 5.56 Å². The van der Waals surface area contributed by atoms with E-state index < -0.39 is 23.8 Å². The summed E-state index contributed by atoms with van der Waals surface area (Å²) < 4.78 is 19.6. The fourth-order valence-electron chi connectivity index (χ4n) is 2.92. The molecular formula is C19H19FO3. The first-order valence-corrected chi connectivity index (χ1v) is 7.81. The van der Waals surface area contributed by atoms with Crippen molar-refractivity contribution in [3.8, 4) is 5.75 Å². The van der Waals surface area contributed by atoms with Gasteiger partial charge in [0.25, 0.3) is 0 Å². The third-order valence-electron chi connectivity index (χ3n) is 4.36. The van der Waals surface area contributed by atoms with E-state index in [0.29, 0.717) is 12.0 Å². The van der Waals surface area contributed by atoms with Gasteiger partial charge in [-0.25, -0.2) is 4.39 Å². The highest BCUT2D eigenvalue weighted by molar-refractivity contribution is 5.83. The normalized spacial score (nSPS) is 18.3. The van der Waals surface area contributed by atoms with Crippen molar-refractivity contribution in [2.75, 3.05) is 0 Å². The molecule has 3 nitrogen and oxygen atoms in total. The van der Waals surface area contributed by atoms with Crippen molar-refractivity contribution in [3.05, 3.63) is 64.5 Å². The van der Waals surface area contributed by atoms with Crippen molar-refractivity contribution in [2.45, 2.75) is 38.7 Å². The Kier molecular flexibility index (Phi) is 4.18. The van der Waals surface area contributed by atoms with Gasteiger partial charge < -0.3 is 9.84 Å². The molecule has 0 radical (unpaired) electrons. The summed E-state index contributed by atoms with van der Waals surface area (Å²) in [6.07, 6.45) is 0.390. The highest BCUT2D eigenvalue weighted by Crippen LogP contribution is 2.37. The Morgan fingerprint density at radius 1 is 1.26 bits per heavy atom. The summed E-state index contributed by atoms with van der Waals surface area (Å²) in [6, 6.07) is 11.1. The van der Waals surface area contributed by atoms with E-state index in [4.69, 9.17) is 4.74 Å². The zero-order valence-electron chi connectivity index (χ0n) is 13.2. The lowest BCUT2D eigenvalue weighted by Crippen LogP contribution is -2.27. The van der Waals surface area contributed by atoms with E-state index in [9.17, 15) is 14.3 Å². The largest absolute Gasteiger partial charge is 0.423 e. The predicted octanol–water partition coefficient (Wildman–Crippen LogP) is 3.69. The van der Waals surface area contributed by atoms with Crippen LogP contribution in [0.2, 0.25) is 0 Å². The van der Waals surface area contributed by atoms with Crippen LogP contribution in [-0.2, 0) is 17.6 Å². The molecule has 0 bridgehead atoms. The van der Waals surface area contributed by atoms with Crippen LogP contribution < -0.4 is 4.74 Å². The number of carbonyl (C=O) groups excluding carboxylic acids is 1. The van der Waals surface area contributed by atoms with Crippen LogP contribution in [0, 0.1) is 5.82 Å². The van der Waals surface area contributed by atoms with E-state index in [1.807, 2.05) is 24.3 Å². The van der Waals surface area contributed by atoms with Crippen molar-refractivity contribution in [2.24, 2.45) is 0 Å². The van der Waals surface area contributed by atoms with Gasteiger partial charge >= 0.3 is 5.97 Å².